The summed E-state index contributed by atoms with van der Waals surface area (Å²) in [6.07, 6.45) is 0. The molecule has 2 rings (SSSR count). The van der Waals surface area contributed by atoms with Gasteiger partial charge in [0.05, 0.1) is 7.11 Å². The molecular weight excluding hydrogens is 219 g/mol. The molecule has 17 heavy (non-hydrogen) atoms. The highest BCUT2D eigenvalue weighted by molar-refractivity contribution is 5.38. The van der Waals surface area contributed by atoms with Gasteiger partial charge in [-0.05, 0) is 18.6 Å². The first kappa shape index (κ1) is 12.3. The fraction of sp³-hybridized carbons (Fsp3) is 0.538. The summed E-state index contributed by atoms with van der Waals surface area (Å²) in [5.74, 6) is 0.509. The predicted octanol–water partition coefficient (Wildman–Crippen LogP) is 1.55. The van der Waals surface area contributed by atoms with Crippen LogP contribution < -0.4 is 10.1 Å². The van der Waals surface area contributed by atoms with Crippen molar-refractivity contribution in [2.75, 3.05) is 33.3 Å². The van der Waals surface area contributed by atoms with Gasteiger partial charge in [0.15, 0.2) is 0 Å². The Labute approximate surface area is 102 Å². The Bertz CT molecular complexity index is 389. The van der Waals surface area contributed by atoms with Crippen LogP contribution in [0.1, 0.15) is 11.1 Å². The molecule has 0 aliphatic carbocycles. The van der Waals surface area contributed by atoms with Crippen LogP contribution in [0, 0.1) is 12.7 Å². The molecule has 1 heterocycles. The van der Waals surface area contributed by atoms with Crippen molar-refractivity contribution in [3.63, 3.8) is 0 Å². The van der Waals surface area contributed by atoms with Gasteiger partial charge in [0.2, 0.25) is 0 Å². The summed E-state index contributed by atoms with van der Waals surface area (Å²) in [7, 11) is 1.59. The van der Waals surface area contributed by atoms with Crippen LogP contribution in [0.3, 0.4) is 0 Å². The Morgan fingerprint density at radius 1 is 1.35 bits per heavy atom. The molecule has 0 bridgehead atoms. The maximum Gasteiger partial charge on any atom is 0.134 e. The second kappa shape index (κ2) is 5.47. The molecule has 3 nitrogen and oxygen atoms in total. The number of hydrogen-bond donors (Lipinski definition) is 1. The Morgan fingerprint density at radius 3 is 2.71 bits per heavy atom. The van der Waals surface area contributed by atoms with Gasteiger partial charge in [-0.25, -0.2) is 4.39 Å². The molecule has 1 N–H and O–H groups in total. The van der Waals surface area contributed by atoms with Crippen LogP contribution in [-0.4, -0.2) is 38.2 Å². The van der Waals surface area contributed by atoms with Gasteiger partial charge in [-0.1, -0.05) is 6.07 Å². The number of halogens is 1. The highest BCUT2D eigenvalue weighted by Crippen LogP contribution is 2.25. The number of methoxy groups -OCH3 is 1. The van der Waals surface area contributed by atoms with Gasteiger partial charge in [0, 0.05) is 38.3 Å². The summed E-state index contributed by atoms with van der Waals surface area (Å²) in [6.45, 7) is 6.26. The quantitative estimate of drug-likeness (QED) is 0.864. The first-order valence-electron chi connectivity index (χ1n) is 5.97. The molecule has 1 fully saturated rings. The van der Waals surface area contributed by atoms with Crippen molar-refractivity contribution in [3.8, 4) is 5.75 Å². The van der Waals surface area contributed by atoms with Crippen molar-refractivity contribution >= 4 is 0 Å². The number of nitrogens with one attached hydrogen (secondary N) is 1. The average Bonchev–Trinajstić information content (AvgIpc) is 2.37. The number of ether oxygens (including phenoxy) is 1. The Kier molecular flexibility index (Phi) is 3.97. The molecule has 0 atom stereocenters. The first-order valence-corrected chi connectivity index (χ1v) is 5.97. The van der Waals surface area contributed by atoms with E-state index >= 15 is 0 Å². The van der Waals surface area contributed by atoms with Gasteiger partial charge in [-0.2, -0.15) is 0 Å². The van der Waals surface area contributed by atoms with E-state index in [1.807, 2.05) is 6.07 Å². The van der Waals surface area contributed by atoms with E-state index in [1.54, 1.807) is 20.1 Å². The van der Waals surface area contributed by atoms with Crippen molar-refractivity contribution in [1.82, 2.24) is 10.2 Å². The smallest absolute Gasteiger partial charge is 0.134 e. The lowest BCUT2D eigenvalue weighted by atomic mass is 10.1. The maximum atomic E-state index is 14.1. The molecule has 0 unspecified atom stereocenters. The summed E-state index contributed by atoms with van der Waals surface area (Å²) < 4.78 is 19.3. The lowest BCUT2D eigenvalue weighted by Crippen LogP contribution is -2.43. The third-order valence-electron chi connectivity index (χ3n) is 3.20. The van der Waals surface area contributed by atoms with E-state index < -0.39 is 0 Å². The predicted molar refractivity (Wildman–Crippen MR) is 65.8 cm³/mol. The molecule has 94 valence electrons. The van der Waals surface area contributed by atoms with Gasteiger partial charge >= 0.3 is 0 Å². The van der Waals surface area contributed by atoms with Gasteiger partial charge in [-0.3, -0.25) is 4.90 Å². The minimum absolute atomic E-state index is 0.136. The molecule has 1 aliphatic heterocycles. The van der Waals surface area contributed by atoms with Gasteiger partial charge in [-0.15, -0.1) is 0 Å². The number of hydrogen-bond acceptors (Lipinski definition) is 3. The summed E-state index contributed by atoms with van der Waals surface area (Å²) in [5.41, 5.74) is 1.35. The number of rotatable bonds is 3. The second-order valence-corrected chi connectivity index (χ2v) is 4.40. The summed E-state index contributed by atoms with van der Waals surface area (Å²) >= 11 is 0. The lowest BCUT2D eigenvalue weighted by Gasteiger charge is -2.28. The standard InChI is InChI=1S/C13H19FN2O/c1-10-3-4-12(17-2)11(13(10)14)9-16-7-5-15-6-8-16/h3-4,15H,5-9H2,1-2H3. The Morgan fingerprint density at radius 2 is 2.06 bits per heavy atom. The van der Waals surface area contributed by atoms with E-state index in [0.29, 0.717) is 23.4 Å². The average molecular weight is 238 g/mol. The molecule has 0 saturated carbocycles. The molecule has 1 saturated heterocycles. The van der Waals surface area contributed by atoms with Crippen molar-refractivity contribution in [2.24, 2.45) is 0 Å². The third kappa shape index (κ3) is 2.76. The monoisotopic (exact) mass is 238 g/mol. The van der Waals surface area contributed by atoms with Crippen LogP contribution in [0.25, 0.3) is 0 Å². The maximum absolute atomic E-state index is 14.1. The number of piperazine rings is 1. The van der Waals surface area contributed by atoms with E-state index in [4.69, 9.17) is 4.74 Å². The number of aryl methyl sites for hydroxylation is 1. The van der Waals surface area contributed by atoms with Crippen LogP contribution in [0.4, 0.5) is 4.39 Å². The van der Waals surface area contributed by atoms with Crippen molar-refractivity contribution in [2.45, 2.75) is 13.5 Å². The first-order chi connectivity index (χ1) is 8.22. The highest BCUT2D eigenvalue weighted by atomic mass is 19.1. The fourth-order valence-electron chi connectivity index (χ4n) is 2.15. The van der Waals surface area contributed by atoms with Crippen LogP contribution in [0.2, 0.25) is 0 Å². The van der Waals surface area contributed by atoms with Gasteiger partial charge in [0.1, 0.15) is 11.6 Å². The van der Waals surface area contributed by atoms with Crippen molar-refractivity contribution in [1.29, 1.82) is 0 Å². The molecular formula is C13H19FN2O. The minimum Gasteiger partial charge on any atom is -0.496 e. The second-order valence-electron chi connectivity index (χ2n) is 4.40. The number of nitrogens with zero attached hydrogens (tertiary/aromatic N) is 1. The summed E-state index contributed by atoms with van der Waals surface area (Å²) in [4.78, 5) is 2.25. The normalized spacial score (nSPS) is 17.1. The Balaban J connectivity index is 2.20. The zero-order valence-corrected chi connectivity index (χ0v) is 10.4. The van der Waals surface area contributed by atoms with E-state index in [1.165, 1.54) is 0 Å². The molecule has 0 radical (unpaired) electrons. The van der Waals surface area contributed by atoms with E-state index in [0.717, 1.165) is 26.2 Å². The van der Waals surface area contributed by atoms with Crippen molar-refractivity contribution < 1.29 is 9.13 Å². The third-order valence-corrected chi connectivity index (χ3v) is 3.20. The molecule has 1 aliphatic rings. The SMILES string of the molecule is COc1ccc(C)c(F)c1CN1CCNCC1. The molecule has 1 aromatic carbocycles. The summed E-state index contributed by atoms with van der Waals surface area (Å²) in [6, 6.07) is 3.60. The molecule has 0 amide bonds. The van der Waals surface area contributed by atoms with Gasteiger partial charge in [0.25, 0.3) is 0 Å². The zero-order valence-electron chi connectivity index (χ0n) is 10.4. The van der Waals surface area contributed by atoms with Crippen molar-refractivity contribution in [3.05, 3.63) is 29.1 Å². The van der Waals surface area contributed by atoms with Crippen LogP contribution in [-0.2, 0) is 6.54 Å². The molecule has 0 aromatic heterocycles. The van der Waals surface area contributed by atoms with E-state index in [9.17, 15) is 4.39 Å². The van der Waals surface area contributed by atoms with Gasteiger partial charge < -0.3 is 10.1 Å². The lowest BCUT2D eigenvalue weighted by molar-refractivity contribution is 0.227. The largest absolute Gasteiger partial charge is 0.496 e. The van der Waals surface area contributed by atoms with Crippen LogP contribution in [0.15, 0.2) is 12.1 Å². The fourth-order valence-corrected chi connectivity index (χ4v) is 2.15. The minimum atomic E-state index is -0.136. The molecule has 1 aromatic rings. The van der Waals surface area contributed by atoms with Crippen LogP contribution >= 0.6 is 0 Å². The van der Waals surface area contributed by atoms with Crippen LogP contribution in [0.5, 0.6) is 5.75 Å². The zero-order chi connectivity index (χ0) is 12.3. The Hall–Kier alpha value is -1.13. The molecule has 4 heteroatoms. The van der Waals surface area contributed by atoms with E-state index in [2.05, 4.69) is 10.2 Å². The summed E-state index contributed by atoms with van der Waals surface area (Å²) in [5, 5.41) is 3.29. The van der Waals surface area contributed by atoms with E-state index in [-0.39, 0.29) is 5.82 Å². The highest BCUT2D eigenvalue weighted by Gasteiger charge is 2.17. The topological polar surface area (TPSA) is 24.5 Å². The molecule has 0 spiro atoms. The number of benzene rings is 1.